The summed E-state index contributed by atoms with van der Waals surface area (Å²) in [7, 11) is 1.60. The smallest absolute Gasteiger partial charge is 0.257 e. The van der Waals surface area contributed by atoms with Gasteiger partial charge in [-0.3, -0.25) is 9.59 Å². The molecule has 0 aliphatic heterocycles. The van der Waals surface area contributed by atoms with E-state index in [0.29, 0.717) is 11.3 Å². The maximum atomic E-state index is 12.8. The molecule has 5 nitrogen and oxygen atoms in total. The van der Waals surface area contributed by atoms with Gasteiger partial charge in [0.1, 0.15) is 5.75 Å². The van der Waals surface area contributed by atoms with E-state index in [9.17, 15) is 9.59 Å². The largest absolute Gasteiger partial charge is 0.497 e. The van der Waals surface area contributed by atoms with Gasteiger partial charge in [-0.15, -0.1) is 0 Å². The highest BCUT2D eigenvalue weighted by Gasteiger charge is 2.13. The van der Waals surface area contributed by atoms with Gasteiger partial charge >= 0.3 is 0 Å². The first-order valence-corrected chi connectivity index (χ1v) is 9.57. The van der Waals surface area contributed by atoms with E-state index in [1.54, 1.807) is 37.5 Å². The average Bonchev–Trinajstić information content (AvgIpc) is 2.76. The fourth-order valence-corrected chi connectivity index (χ4v) is 2.93. The van der Waals surface area contributed by atoms with Crippen molar-refractivity contribution >= 4 is 29.3 Å². The summed E-state index contributed by atoms with van der Waals surface area (Å²) in [5.41, 5.74) is 4.56. The standard InChI is InChI=1S/C25H24N2O3/c1-17-7-6-10-22(18(17)2)27-25(29)21-8-4-5-9-23(21)26-24(28)16-13-19-11-14-20(30-3)15-12-19/h4-16H,1-3H3,(H,26,28)(H,27,29)/b16-13+. The molecule has 0 aromatic heterocycles. The normalized spacial score (nSPS) is 10.6. The number of hydrogen-bond donors (Lipinski definition) is 2. The summed E-state index contributed by atoms with van der Waals surface area (Å²) in [5.74, 6) is 0.150. The number of benzene rings is 3. The second-order valence-corrected chi connectivity index (χ2v) is 6.84. The average molecular weight is 400 g/mol. The number of ether oxygens (including phenoxy) is 1. The van der Waals surface area contributed by atoms with Gasteiger partial charge < -0.3 is 15.4 Å². The van der Waals surface area contributed by atoms with Gasteiger partial charge in [0.25, 0.3) is 5.91 Å². The van der Waals surface area contributed by atoms with E-state index in [4.69, 9.17) is 4.74 Å². The van der Waals surface area contributed by atoms with Crippen molar-refractivity contribution in [3.8, 4) is 5.75 Å². The lowest BCUT2D eigenvalue weighted by atomic mass is 10.1. The van der Waals surface area contributed by atoms with Crippen LogP contribution in [0.5, 0.6) is 5.75 Å². The van der Waals surface area contributed by atoms with Gasteiger partial charge in [-0.2, -0.15) is 0 Å². The van der Waals surface area contributed by atoms with Crippen molar-refractivity contribution < 1.29 is 14.3 Å². The Hall–Kier alpha value is -3.86. The maximum Gasteiger partial charge on any atom is 0.257 e. The summed E-state index contributed by atoms with van der Waals surface area (Å²) in [4.78, 5) is 25.2. The lowest BCUT2D eigenvalue weighted by Crippen LogP contribution is -2.17. The van der Waals surface area contributed by atoms with Crippen LogP contribution in [0.4, 0.5) is 11.4 Å². The number of hydrogen-bond acceptors (Lipinski definition) is 3. The second kappa shape index (κ2) is 9.56. The molecule has 3 aromatic rings. The Morgan fingerprint density at radius 1 is 0.833 bits per heavy atom. The number of anilines is 2. The molecule has 0 saturated heterocycles. The second-order valence-electron chi connectivity index (χ2n) is 6.84. The molecule has 0 saturated carbocycles. The molecular weight excluding hydrogens is 376 g/mol. The minimum atomic E-state index is -0.321. The summed E-state index contributed by atoms with van der Waals surface area (Å²) in [6.07, 6.45) is 3.13. The Kier molecular flexibility index (Phi) is 6.65. The van der Waals surface area contributed by atoms with Gasteiger partial charge in [-0.05, 0) is 66.9 Å². The number of aryl methyl sites for hydroxylation is 1. The van der Waals surface area contributed by atoms with E-state index in [1.807, 2.05) is 56.3 Å². The molecule has 5 heteroatoms. The molecule has 30 heavy (non-hydrogen) atoms. The molecule has 3 rings (SSSR count). The van der Waals surface area contributed by atoms with Crippen LogP contribution in [0.25, 0.3) is 6.08 Å². The summed E-state index contributed by atoms with van der Waals surface area (Å²) in [5, 5.41) is 5.71. The molecule has 0 bridgehead atoms. The quantitative estimate of drug-likeness (QED) is 0.558. The van der Waals surface area contributed by atoms with E-state index in [-0.39, 0.29) is 11.8 Å². The van der Waals surface area contributed by atoms with Crippen molar-refractivity contribution in [1.82, 2.24) is 0 Å². The highest BCUT2D eigenvalue weighted by atomic mass is 16.5. The third-order valence-electron chi connectivity index (χ3n) is 4.83. The molecule has 0 aliphatic rings. The Balaban J connectivity index is 1.72. The predicted octanol–water partition coefficient (Wildman–Crippen LogP) is 5.22. The Bertz CT molecular complexity index is 1090. The summed E-state index contributed by atoms with van der Waals surface area (Å²) >= 11 is 0. The summed E-state index contributed by atoms with van der Waals surface area (Å²) < 4.78 is 5.12. The van der Waals surface area contributed by atoms with Gasteiger partial charge in [0.15, 0.2) is 0 Å². The van der Waals surface area contributed by atoms with Crippen molar-refractivity contribution in [3.63, 3.8) is 0 Å². The monoisotopic (exact) mass is 400 g/mol. The number of amides is 2. The van der Waals surface area contributed by atoms with Gasteiger partial charge in [-0.25, -0.2) is 0 Å². The van der Waals surface area contributed by atoms with Crippen molar-refractivity contribution in [2.24, 2.45) is 0 Å². The first kappa shape index (κ1) is 20.9. The van der Waals surface area contributed by atoms with Crippen LogP contribution in [-0.2, 0) is 4.79 Å². The molecule has 0 unspecified atom stereocenters. The summed E-state index contributed by atoms with van der Waals surface area (Å²) in [6.45, 7) is 3.96. The van der Waals surface area contributed by atoms with Crippen LogP contribution in [0.15, 0.2) is 72.8 Å². The number of methoxy groups -OCH3 is 1. The number of carbonyl (C=O) groups is 2. The zero-order valence-electron chi connectivity index (χ0n) is 17.2. The minimum Gasteiger partial charge on any atom is -0.497 e. The van der Waals surface area contributed by atoms with E-state index in [2.05, 4.69) is 10.6 Å². The van der Waals surface area contributed by atoms with Gasteiger partial charge in [0.2, 0.25) is 5.91 Å². The SMILES string of the molecule is COc1ccc(/C=C/C(=O)Nc2ccccc2C(=O)Nc2cccc(C)c2C)cc1. The fourth-order valence-electron chi connectivity index (χ4n) is 2.93. The van der Waals surface area contributed by atoms with Crippen LogP contribution >= 0.6 is 0 Å². The fraction of sp³-hybridized carbons (Fsp3) is 0.120. The number of rotatable bonds is 6. The molecular formula is C25H24N2O3. The van der Waals surface area contributed by atoms with Crippen LogP contribution in [0, 0.1) is 13.8 Å². The molecule has 0 fully saturated rings. The third kappa shape index (κ3) is 5.14. The molecule has 152 valence electrons. The molecule has 2 amide bonds. The van der Waals surface area contributed by atoms with E-state index < -0.39 is 0 Å². The predicted molar refractivity (Wildman–Crippen MR) is 121 cm³/mol. The molecule has 0 spiro atoms. The zero-order valence-corrected chi connectivity index (χ0v) is 17.2. The first-order chi connectivity index (χ1) is 14.5. The minimum absolute atomic E-state index is 0.279. The maximum absolute atomic E-state index is 12.8. The molecule has 0 atom stereocenters. The molecule has 0 radical (unpaired) electrons. The Morgan fingerprint density at radius 3 is 2.27 bits per heavy atom. The van der Waals surface area contributed by atoms with E-state index in [0.717, 1.165) is 28.1 Å². The Morgan fingerprint density at radius 2 is 1.53 bits per heavy atom. The topological polar surface area (TPSA) is 67.4 Å². The molecule has 0 aliphatic carbocycles. The number of para-hydroxylation sites is 1. The van der Waals surface area contributed by atoms with E-state index >= 15 is 0 Å². The molecule has 2 N–H and O–H groups in total. The highest BCUT2D eigenvalue weighted by molar-refractivity contribution is 6.12. The van der Waals surface area contributed by atoms with Gasteiger partial charge in [0.05, 0.1) is 18.4 Å². The third-order valence-corrected chi connectivity index (χ3v) is 4.83. The van der Waals surface area contributed by atoms with Gasteiger partial charge in [-0.1, -0.05) is 36.4 Å². The highest BCUT2D eigenvalue weighted by Crippen LogP contribution is 2.21. The lowest BCUT2D eigenvalue weighted by Gasteiger charge is -2.13. The van der Waals surface area contributed by atoms with Crippen molar-refractivity contribution in [2.75, 3.05) is 17.7 Å². The van der Waals surface area contributed by atoms with Crippen LogP contribution in [0.2, 0.25) is 0 Å². The molecule has 0 heterocycles. The molecule has 3 aromatic carbocycles. The van der Waals surface area contributed by atoms with Crippen molar-refractivity contribution in [2.45, 2.75) is 13.8 Å². The van der Waals surface area contributed by atoms with Crippen LogP contribution < -0.4 is 15.4 Å². The van der Waals surface area contributed by atoms with Crippen molar-refractivity contribution in [1.29, 1.82) is 0 Å². The lowest BCUT2D eigenvalue weighted by molar-refractivity contribution is -0.111. The first-order valence-electron chi connectivity index (χ1n) is 9.57. The van der Waals surface area contributed by atoms with Crippen LogP contribution in [0.3, 0.4) is 0 Å². The van der Waals surface area contributed by atoms with Crippen molar-refractivity contribution in [3.05, 3.63) is 95.1 Å². The van der Waals surface area contributed by atoms with Crippen LogP contribution in [-0.4, -0.2) is 18.9 Å². The number of carbonyl (C=O) groups excluding carboxylic acids is 2. The Labute approximate surface area is 176 Å². The van der Waals surface area contributed by atoms with Gasteiger partial charge in [0, 0.05) is 11.8 Å². The number of nitrogens with one attached hydrogen (secondary N) is 2. The van der Waals surface area contributed by atoms with Crippen LogP contribution in [0.1, 0.15) is 27.0 Å². The zero-order chi connectivity index (χ0) is 21.5. The van der Waals surface area contributed by atoms with E-state index in [1.165, 1.54) is 6.08 Å². The summed E-state index contributed by atoms with van der Waals surface area (Å²) in [6, 6.07) is 20.0.